The van der Waals surface area contributed by atoms with E-state index in [1.54, 1.807) is 0 Å². The summed E-state index contributed by atoms with van der Waals surface area (Å²) in [7, 11) is 0. The van der Waals surface area contributed by atoms with Gasteiger partial charge in [0.2, 0.25) is 0 Å². The fourth-order valence-electron chi connectivity index (χ4n) is 2.62. The van der Waals surface area contributed by atoms with Gasteiger partial charge in [0.1, 0.15) is 12.2 Å². The lowest BCUT2D eigenvalue weighted by atomic mass is 10.0. The Bertz CT molecular complexity index is 315. The maximum atomic E-state index is 5.55. The van der Waals surface area contributed by atoms with Gasteiger partial charge in [-0.05, 0) is 32.2 Å². The zero-order chi connectivity index (χ0) is 11.4. The summed E-state index contributed by atoms with van der Waals surface area (Å²) in [6, 6.07) is 0.644. The quantitative estimate of drug-likeness (QED) is 0.831. The molecule has 1 saturated carbocycles. The topological polar surface area (TPSA) is 56.7 Å². The summed E-state index contributed by atoms with van der Waals surface area (Å²) in [5, 5.41) is 8.36. The van der Waals surface area contributed by atoms with Crippen molar-refractivity contribution in [1.82, 2.24) is 14.8 Å². The molecular weight excluding hydrogens is 200 g/mol. The minimum Gasteiger partial charge on any atom is -0.330 e. The van der Waals surface area contributed by atoms with Crippen LogP contribution in [0.4, 0.5) is 0 Å². The molecule has 0 spiro atoms. The van der Waals surface area contributed by atoms with Gasteiger partial charge in [-0.15, -0.1) is 10.2 Å². The van der Waals surface area contributed by atoms with Crippen LogP contribution in [0, 0.1) is 0 Å². The molecule has 0 aromatic carbocycles. The van der Waals surface area contributed by atoms with E-state index < -0.39 is 0 Å². The molecule has 1 aliphatic rings. The molecule has 0 saturated heterocycles. The van der Waals surface area contributed by atoms with Crippen molar-refractivity contribution in [2.45, 2.75) is 57.4 Å². The van der Waals surface area contributed by atoms with Crippen LogP contribution < -0.4 is 5.73 Å². The highest BCUT2D eigenvalue weighted by molar-refractivity contribution is 4.97. The van der Waals surface area contributed by atoms with Gasteiger partial charge in [-0.2, -0.15) is 0 Å². The van der Waals surface area contributed by atoms with Crippen molar-refractivity contribution in [3.05, 3.63) is 12.2 Å². The second-order valence-electron chi connectivity index (χ2n) is 4.87. The van der Waals surface area contributed by atoms with Crippen molar-refractivity contribution in [3.8, 4) is 0 Å². The molecular formula is C12H22N4. The minimum absolute atomic E-state index is 0.478. The molecule has 0 aliphatic heterocycles. The van der Waals surface area contributed by atoms with Crippen molar-refractivity contribution < 1.29 is 0 Å². The summed E-state index contributed by atoms with van der Waals surface area (Å²) < 4.78 is 2.30. The van der Waals surface area contributed by atoms with E-state index >= 15 is 0 Å². The maximum Gasteiger partial charge on any atom is 0.135 e. The fraction of sp³-hybridized carbons (Fsp3) is 0.833. The van der Waals surface area contributed by atoms with Crippen LogP contribution in [0.1, 0.15) is 63.2 Å². The molecule has 0 bridgehead atoms. The molecule has 4 heteroatoms. The highest BCUT2D eigenvalue weighted by Crippen LogP contribution is 2.32. The molecule has 1 aliphatic carbocycles. The van der Waals surface area contributed by atoms with Gasteiger partial charge in [0.15, 0.2) is 0 Å². The van der Waals surface area contributed by atoms with Gasteiger partial charge in [0.05, 0.1) is 0 Å². The zero-order valence-electron chi connectivity index (χ0n) is 10.1. The Morgan fingerprint density at radius 2 is 2.25 bits per heavy atom. The van der Waals surface area contributed by atoms with Crippen molar-refractivity contribution >= 4 is 0 Å². The summed E-state index contributed by atoms with van der Waals surface area (Å²) in [6.45, 7) is 2.99. The highest BCUT2D eigenvalue weighted by atomic mass is 15.3. The minimum atomic E-state index is 0.478. The molecule has 1 heterocycles. The van der Waals surface area contributed by atoms with Crippen LogP contribution in [0.25, 0.3) is 0 Å². The molecule has 1 aromatic rings. The summed E-state index contributed by atoms with van der Waals surface area (Å²) >= 11 is 0. The van der Waals surface area contributed by atoms with E-state index in [1.807, 2.05) is 6.33 Å². The Morgan fingerprint density at radius 3 is 2.94 bits per heavy atom. The Kier molecular flexibility index (Phi) is 3.93. The van der Waals surface area contributed by atoms with Crippen molar-refractivity contribution in [2.75, 3.05) is 6.54 Å². The van der Waals surface area contributed by atoms with Crippen LogP contribution in [-0.2, 0) is 0 Å². The maximum absolute atomic E-state index is 5.55. The molecule has 1 atom stereocenters. The van der Waals surface area contributed by atoms with Gasteiger partial charge in [-0.25, -0.2) is 0 Å². The smallest absolute Gasteiger partial charge is 0.135 e. The Balaban J connectivity index is 2.05. The van der Waals surface area contributed by atoms with Gasteiger partial charge < -0.3 is 10.3 Å². The standard InChI is InChI=1S/C12H22N4/c1-10(5-4-8-13)12-15-14-9-16(12)11-6-2-3-7-11/h9-11H,2-8,13H2,1H3. The number of rotatable bonds is 5. The SMILES string of the molecule is CC(CCCN)c1nncn1C1CCCC1. The summed E-state index contributed by atoms with van der Waals surface area (Å²) in [5.74, 6) is 1.63. The zero-order valence-corrected chi connectivity index (χ0v) is 10.1. The summed E-state index contributed by atoms with van der Waals surface area (Å²) in [4.78, 5) is 0. The summed E-state index contributed by atoms with van der Waals surface area (Å²) in [6.07, 6.45) is 9.35. The van der Waals surface area contributed by atoms with Crippen LogP contribution in [0.3, 0.4) is 0 Å². The van der Waals surface area contributed by atoms with E-state index in [2.05, 4.69) is 21.7 Å². The fourth-order valence-corrected chi connectivity index (χ4v) is 2.62. The Labute approximate surface area is 97.2 Å². The average Bonchev–Trinajstić information content (AvgIpc) is 2.94. The second kappa shape index (κ2) is 5.43. The highest BCUT2D eigenvalue weighted by Gasteiger charge is 2.22. The van der Waals surface area contributed by atoms with Gasteiger partial charge in [-0.3, -0.25) is 0 Å². The molecule has 4 nitrogen and oxygen atoms in total. The molecule has 16 heavy (non-hydrogen) atoms. The molecule has 2 N–H and O–H groups in total. The summed E-state index contributed by atoms with van der Waals surface area (Å²) in [5.41, 5.74) is 5.55. The first-order chi connectivity index (χ1) is 7.83. The monoisotopic (exact) mass is 222 g/mol. The van der Waals surface area contributed by atoms with E-state index in [1.165, 1.54) is 25.7 Å². The van der Waals surface area contributed by atoms with Crippen molar-refractivity contribution in [1.29, 1.82) is 0 Å². The number of nitrogens with two attached hydrogens (primary N) is 1. The molecule has 0 radical (unpaired) electrons. The van der Waals surface area contributed by atoms with Gasteiger partial charge >= 0.3 is 0 Å². The predicted octanol–water partition coefficient (Wildman–Crippen LogP) is 2.24. The van der Waals surface area contributed by atoms with Gasteiger partial charge in [-0.1, -0.05) is 19.8 Å². The van der Waals surface area contributed by atoms with Crippen LogP contribution in [0.15, 0.2) is 6.33 Å². The van der Waals surface area contributed by atoms with Crippen LogP contribution in [0.5, 0.6) is 0 Å². The predicted molar refractivity (Wildman–Crippen MR) is 64.2 cm³/mol. The molecule has 1 aromatic heterocycles. The number of hydrogen-bond donors (Lipinski definition) is 1. The first-order valence-corrected chi connectivity index (χ1v) is 6.42. The molecule has 1 unspecified atom stereocenters. The normalized spacial score (nSPS) is 19.1. The van der Waals surface area contributed by atoms with Crippen LogP contribution in [-0.4, -0.2) is 21.3 Å². The van der Waals surface area contributed by atoms with Crippen molar-refractivity contribution in [3.63, 3.8) is 0 Å². The Morgan fingerprint density at radius 1 is 1.50 bits per heavy atom. The first kappa shape index (κ1) is 11.6. The number of aromatic nitrogens is 3. The van der Waals surface area contributed by atoms with E-state index in [-0.39, 0.29) is 0 Å². The number of hydrogen-bond acceptors (Lipinski definition) is 3. The van der Waals surface area contributed by atoms with Gasteiger partial charge in [0, 0.05) is 12.0 Å². The lowest BCUT2D eigenvalue weighted by Gasteiger charge is -2.17. The van der Waals surface area contributed by atoms with Crippen molar-refractivity contribution in [2.24, 2.45) is 5.73 Å². The van der Waals surface area contributed by atoms with Gasteiger partial charge in [0.25, 0.3) is 0 Å². The largest absolute Gasteiger partial charge is 0.330 e. The Hall–Kier alpha value is -0.900. The molecule has 0 amide bonds. The van der Waals surface area contributed by atoms with E-state index in [4.69, 9.17) is 5.73 Å². The lowest BCUT2D eigenvalue weighted by molar-refractivity contribution is 0.470. The van der Waals surface area contributed by atoms with E-state index in [9.17, 15) is 0 Å². The number of nitrogens with zero attached hydrogens (tertiary/aromatic N) is 3. The third-order valence-electron chi connectivity index (χ3n) is 3.60. The third kappa shape index (κ3) is 2.43. The molecule has 2 rings (SSSR count). The van der Waals surface area contributed by atoms with Crippen LogP contribution >= 0.6 is 0 Å². The average molecular weight is 222 g/mol. The first-order valence-electron chi connectivity index (χ1n) is 6.42. The van der Waals surface area contributed by atoms with E-state index in [0.29, 0.717) is 12.0 Å². The third-order valence-corrected chi connectivity index (χ3v) is 3.60. The van der Waals surface area contributed by atoms with Crippen LogP contribution in [0.2, 0.25) is 0 Å². The molecule has 90 valence electrons. The van der Waals surface area contributed by atoms with E-state index in [0.717, 1.165) is 25.2 Å². The lowest BCUT2D eigenvalue weighted by Crippen LogP contribution is -2.12. The second-order valence-corrected chi connectivity index (χ2v) is 4.87. The molecule has 1 fully saturated rings.